The number of hydrogen-bond donors (Lipinski definition) is 0. The van der Waals surface area contributed by atoms with Gasteiger partial charge in [0.15, 0.2) is 0 Å². The zero-order valence-corrected chi connectivity index (χ0v) is 23.6. The predicted molar refractivity (Wildman–Crippen MR) is 179 cm³/mol. The van der Waals surface area contributed by atoms with E-state index in [0.717, 1.165) is 44.8 Å². The first-order valence-corrected chi connectivity index (χ1v) is 14.8. The lowest BCUT2D eigenvalue weighted by molar-refractivity contribution is 0.574. The van der Waals surface area contributed by atoms with Crippen LogP contribution in [-0.4, -0.2) is 18.5 Å². The summed E-state index contributed by atoms with van der Waals surface area (Å²) in [5.41, 5.74) is 9.94. The summed E-state index contributed by atoms with van der Waals surface area (Å²) in [6.07, 6.45) is 2.06. The quantitative estimate of drug-likeness (QED) is 0.214. The molecule has 10 rings (SSSR count). The summed E-state index contributed by atoms with van der Waals surface area (Å²) in [6.45, 7) is 0. The van der Waals surface area contributed by atoms with Crippen LogP contribution >= 0.6 is 0 Å². The van der Waals surface area contributed by atoms with E-state index in [1.165, 1.54) is 32.6 Å². The molecule has 0 aliphatic rings. The summed E-state index contributed by atoms with van der Waals surface area (Å²) in [7, 11) is 0. The topological polar surface area (TPSA) is 40.3 Å². The molecule has 0 saturated carbocycles. The summed E-state index contributed by atoms with van der Waals surface area (Å²) < 4.78 is 13.0. The van der Waals surface area contributed by atoms with Gasteiger partial charge in [-0.3, -0.25) is 8.97 Å². The Labute approximate surface area is 251 Å². The molecule has 0 radical (unpaired) electrons. The van der Waals surface area contributed by atoms with E-state index < -0.39 is 0 Å². The Morgan fingerprint density at radius 3 is 1.61 bits per heavy atom. The maximum absolute atomic E-state index is 6.42. The Hall–Kier alpha value is -6.07. The lowest BCUT2D eigenvalue weighted by Gasteiger charge is -2.10. The average Bonchev–Trinajstić information content (AvgIpc) is 3.82. The third-order valence-corrected chi connectivity index (χ3v) is 8.91. The van der Waals surface area contributed by atoms with Gasteiger partial charge in [0.1, 0.15) is 0 Å². The van der Waals surface area contributed by atoms with Gasteiger partial charge in [-0.25, -0.2) is 0 Å². The molecular weight excluding hydrogens is 540 g/mol. The zero-order chi connectivity index (χ0) is 28.8. The van der Waals surface area contributed by atoms with Crippen molar-refractivity contribution in [1.82, 2.24) is 18.5 Å². The van der Waals surface area contributed by atoms with Crippen LogP contribution in [0.15, 0.2) is 150 Å². The maximum Gasteiger partial charge on any atom is 0.308 e. The molecular formula is C39H24N4O. The third kappa shape index (κ3) is 3.21. The molecule has 6 aromatic carbocycles. The molecule has 5 heteroatoms. The molecule has 206 valence electrons. The Bertz CT molecular complexity index is 2630. The van der Waals surface area contributed by atoms with Gasteiger partial charge in [-0.05, 0) is 59.7 Å². The van der Waals surface area contributed by atoms with Crippen molar-refractivity contribution < 1.29 is 4.42 Å². The summed E-state index contributed by atoms with van der Waals surface area (Å²) in [5, 5.41) is 4.92. The first kappa shape index (κ1) is 23.5. The largest absolute Gasteiger partial charge is 0.406 e. The van der Waals surface area contributed by atoms with Crippen molar-refractivity contribution in [2.24, 2.45) is 0 Å². The lowest BCUT2D eigenvalue weighted by Crippen LogP contribution is -1.94. The van der Waals surface area contributed by atoms with E-state index in [2.05, 4.69) is 159 Å². The molecule has 0 amide bonds. The molecule has 0 bridgehead atoms. The van der Waals surface area contributed by atoms with Crippen molar-refractivity contribution in [1.29, 1.82) is 0 Å². The van der Waals surface area contributed by atoms with E-state index in [9.17, 15) is 0 Å². The number of fused-ring (bicyclic) bond motifs is 9. The number of para-hydroxylation sites is 4. The van der Waals surface area contributed by atoms with Gasteiger partial charge in [0, 0.05) is 27.2 Å². The molecule has 4 aromatic heterocycles. The second-order valence-corrected chi connectivity index (χ2v) is 11.3. The normalized spacial score (nSPS) is 12.1. The third-order valence-electron chi connectivity index (χ3n) is 8.91. The number of benzene rings is 6. The van der Waals surface area contributed by atoms with Crippen molar-refractivity contribution in [3.05, 3.63) is 146 Å². The molecule has 10 aromatic rings. The second-order valence-electron chi connectivity index (χ2n) is 11.3. The Morgan fingerprint density at radius 1 is 0.455 bits per heavy atom. The maximum atomic E-state index is 6.42. The van der Waals surface area contributed by atoms with Crippen LogP contribution in [0.25, 0.3) is 83.2 Å². The van der Waals surface area contributed by atoms with Gasteiger partial charge in [-0.2, -0.15) is 4.98 Å². The second kappa shape index (κ2) is 8.72. The van der Waals surface area contributed by atoms with Crippen LogP contribution in [0.5, 0.6) is 0 Å². The Kier molecular flexibility index (Phi) is 4.66. The van der Waals surface area contributed by atoms with E-state index in [-0.39, 0.29) is 0 Å². The number of imidazole rings is 1. The van der Waals surface area contributed by atoms with Gasteiger partial charge >= 0.3 is 5.84 Å². The highest BCUT2D eigenvalue weighted by molar-refractivity contribution is 6.10. The summed E-state index contributed by atoms with van der Waals surface area (Å²) in [6, 6.07) is 49.4. The van der Waals surface area contributed by atoms with E-state index in [4.69, 9.17) is 9.40 Å². The van der Waals surface area contributed by atoms with Crippen molar-refractivity contribution in [2.75, 3.05) is 0 Å². The number of aromatic nitrogens is 4. The molecule has 0 spiro atoms. The SMILES string of the molecule is c1cc(-c2ccc3nc4oc(-n5c6ccccc6c6ccccc65)cn4c3c2)cc(-n2c3ccccc3c3ccccc32)c1. The van der Waals surface area contributed by atoms with E-state index >= 15 is 0 Å². The minimum atomic E-state index is 0.577. The van der Waals surface area contributed by atoms with E-state index in [1.54, 1.807) is 0 Å². The fourth-order valence-electron chi connectivity index (χ4n) is 6.97. The molecule has 0 fully saturated rings. The molecule has 5 nitrogen and oxygen atoms in total. The van der Waals surface area contributed by atoms with Gasteiger partial charge in [0.25, 0.3) is 0 Å². The van der Waals surface area contributed by atoms with E-state index in [0.29, 0.717) is 5.84 Å². The molecule has 0 saturated heterocycles. The highest BCUT2D eigenvalue weighted by Gasteiger charge is 2.18. The molecule has 0 unspecified atom stereocenters. The van der Waals surface area contributed by atoms with Gasteiger partial charge < -0.3 is 8.98 Å². The summed E-state index contributed by atoms with van der Waals surface area (Å²) in [4.78, 5) is 4.85. The van der Waals surface area contributed by atoms with Crippen LogP contribution in [0, 0.1) is 0 Å². The number of rotatable bonds is 3. The van der Waals surface area contributed by atoms with Crippen LogP contribution in [-0.2, 0) is 0 Å². The Morgan fingerprint density at radius 2 is 1.00 bits per heavy atom. The molecule has 0 aliphatic carbocycles. The zero-order valence-electron chi connectivity index (χ0n) is 23.6. The van der Waals surface area contributed by atoms with Crippen LogP contribution in [0.3, 0.4) is 0 Å². The van der Waals surface area contributed by atoms with E-state index in [1.807, 2.05) is 0 Å². The van der Waals surface area contributed by atoms with Gasteiger partial charge in [-0.15, -0.1) is 0 Å². The highest BCUT2D eigenvalue weighted by Crippen LogP contribution is 2.35. The monoisotopic (exact) mass is 564 g/mol. The van der Waals surface area contributed by atoms with Crippen LogP contribution in [0.4, 0.5) is 0 Å². The first-order chi connectivity index (χ1) is 21.8. The number of nitrogens with zero attached hydrogens (tertiary/aromatic N) is 4. The molecule has 0 atom stereocenters. The van der Waals surface area contributed by atoms with Crippen molar-refractivity contribution in [2.45, 2.75) is 0 Å². The van der Waals surface area contributed by atoms with Gasteiger partial charge in [0.05, 0.1) is 39.3 Å². The smallest absolute Gasteiger partial charge is 0.308 e. The molecule has 4 heterocycles. The molecule has 0 N–H and O–H groups in total. The minimum absolute atomic E-state index is 0.577. The van der Waals surface area contributed by atoms with Crippen LogP contribution < -0.4 is 0 Å². The lowest BCUT2D eigenvalue weighted by atomic mass is 10.0. The van der Waals surface area contributed by atoms with Gasteiger partial charge in [0.2, 0.25) is 5.88 Å². The summed E-state index contributed by atoms with van der Waals surface area (Å²) in [5.74, 6) is 1.32. The molecule has 0 aliphatic heterocycles. The first-order valence-electron chi connectivity index (χ1n) is 14.8. The van der Waals surface area contributed by atoms with Crippen LogP contribution in [0.2, 0.25) is 0 Å². The Balaban J connectivity index is 1.13. The highest BCUT2D eigenvalue weighted by atomic mass is 16.4. The molecule has 44 heavy (non-hydrogen) atoms. The van der Waals surface area contributed by atoms with Crippen molar-refractivity contribution in [3.63, 3.8) is 0 Å². The van der Waals surface area contributed by atoms with Crippen molar-refractivity contribution in [3.8, 4) is 22.7 Å². The van der Waals surface area contributed by atoms with Crippen molar-refractivity contribution >= 4 is 60.5 Å². The van der Waals surface area contributed by atoms with Gasteiger partial charge in [-0.1, -0.05) is 91.0 Å². The number of oxazole rings is 1. The van der Waals surface area contributed by atoms with Crippen LogP contribution in [0.1, 0.15) is 0 Å². The average molecular weight is 565 g/mol. The fourth-order valence-corrected chi connectivity index (χ4v) is 6.97. The summed E-state index contributed by atoms with van der Waals surface area (Å²) >= 11 is 0. The number of hydrogen-bond acceptors (Lipinski definition) is 2. The minimum Gasteiger partial charge on any atom is -0.406 e. The standard InChI is InChI=1S/C39H24N4O/c1-5-16-33-28(12-1)29-13-2-6-17-34(29)42(33)27-11-9-10-25(22-27)26-20-21-32-37(23-26)41-24-38(44-39(41)40-32)43-35-18-7-3-14-30(35)31-15-4-8-19-36(31)43/h1-24H. The fraction of sp³-hybridized carbons (Fsp3) is 0. The predicted octanol–water partition coefficient (Wildman–Crippen LogP) is 9.94.